The van der Waals surface area contributed by atoms with E-state index in [1.54, 1.807) is 28.8 Å². The summed E-state index contributed by atoms with van der Waals surface area (Å²) >= 11 is 0. The van der Waals surface area contributed by atoms with Crippen molar-refractivity contribution in [1.29, 1.82) is 0 Å². The SMILES string of the molecule is O=C(Nc1ncccc1O)c1ccc2c(=O)n3c(nc2c1)CCCCCC3. The Hall–Kier alpha value is -3.22. The van der Waals surface area contributed by atoms with Crippen LogP contribution in [-0.4, -0.2) is 25.5 Å². The van der Waals surface area contributed by atoms with Gasteiger partial charge in [0.1, 0.15) is 5.82 Å². The summed E-state index contributed by atoms with van der Waals surface area (Å²) in [5.74, 6) is 0.352. The highest BCUT2D eigenvalue weighted by atomic mass is 16.3. The van der Waals surface area contributed by atoms with Gasteiger partial charge in [-0.05, 0) is 43.2 Å². The van der Waals surface area contributed by atoms with Crippen LogP contribution < -0.4 is 10.9 Å². The zero-order valence-electron chi connectivity index (χ0n) is 14.8. The Labute approximate surface area is 155 Å². The molecule has 0 bridgehead atoms. The van der Waals surface area contributed by atoms with Crippen LogP contribution in [0.25, 0.3) is 10.9 Å². The highest BCUT2D eigenvalue weighted by Gasteiger charge is 2.15. The first kappa shape index (κ1) is 17.2. The molecule has 1 aliphatic rings. The molecule has 7 heteroatoms. The molecule has 7 nitrogen and oxygen atoms in total. The van der Waals surface area contributed by atoms with Gasteiger partial charge in [-0.15, -0.1) is 0 Å². The van der Waals surface area contributed by atoms with Crippen LogP contribution in [-0.2, 0) is 13.0 Å². The maximum absolute atomic E-state index is 12.8. The van der Waals surface area contributed by atoms with Crippen LogP contribution >= 0.6 is 0 Å². The topological polar surface area (TPSA) is 97.1 Å². The van der Waals surface area contributed by atoms with Crippen LogP contribution in [0, 0.1) is 0 Å². The molecule has 0 spiro atoms. The molecule has 1 amide bonds. The van der Waals surface area contributed by atoms with Gasteiger partial charge in [-0.2, -0.15) is 0 Å². The Morgan fingerprint density at radius 3 is 2.85 bits per heavy atom. The third-order valence-electron chi connectivity index (χ3n) is 4.85. The predicted molar refractivity (Wildman–Crippen MR) is 102 cm³/mol. The smallest absolute Gasteiger partial charge is 0.261 e. The summed E-state index contributed by atoms with van der Waals surface area (Å²) in [4.78, 5) is 34.0. The zero-order valence-corrected chi connectivity index (χ0v) is 14.8. The Balaban J connectivity index is 1.71. The van der Waals surface area contributed by atoms with E-state index < -0.39 is 5.91 Å². The predicted octanol–water partition coefficient (Wildman–Crippen LogP) is 2.87. The van der Waals surface area contributed by atoms with Gasteiger partial charge >= 0.3 is 0 Å². The van der Waals surface area contributed by atoms with E-state index in [9.17, 15) is 14.7 Å². The number of carbonyl (C=O) groups is 1. The van der Waals surface area contributed by atoms with Crippen LogP contribution in [0.4, 0.5) is 5.82 Å². The van der Waals surface area contributed by atoms with E-state index in [-0.39, 0.29) is 17.1 Å². The molecule has 2 N–H and O–H groups in total. The number of aryl methyl sites for hydroxylation is 1. The Kier molecular flexibility index (Phi) is 4.58. The molecule has 0 saturated carbocycles. The number of carbonyl (C=O) groups excluding carboxylic acids is 1. The fraction of sp³-hybridized carbons (Fsp3) is 0.300. The number of hydrogen-bond donors (Lipinski definition) is 2. The molecule has 0 aliphatic carbocycles. The number of nitrogens with zero attached hydrogens (tertiary/aromatic N) is 3. The standard InChI is InChI=1S/C20H20N4O3/c25-16-6-5-10-21-18(16)23-19(26)13-8-9-14-15(12-13)22-17-7-3-1-2-4-11-24(17)20(14)27/h5-6,8-10,12,25H,1-4,7,11H2,(H,21,23,26). The number of fused-ring (bicyclic) bond motifs is 2. The van der Waals surface area contributed by atoms with E-state index in [2.05, 4.69) is 15.3 Å². The molecule has 0 saturated heterocycles. The third kappa shape index (κ3) is 3.40. The van der Waals surface area contributed by atoms with Gasteiger partial charge in [0, 0.05) is 24.7 Å². The molecule has 0 unspecified atom stereocenters. The summed E-state index contributed by atoms with van der Waals surface area (Å²) in [5.41, 5.74) is 0.825. The summed E-state index contributed by atoms with van der Waals surface area (Å²) in [6.45, 7) is 0.693. The van der Waals surface area contributed by atoms with Crippen molar-refractivity contribution >= 4 is 22.6 Å². The molecule has 27 heavy (non-hydrogen) atoms. The fourth-order valence-corrected chi connectivity index (χ4v) is 3.41. The number of benzene rings is 1. The first-order chi connectivity index (χ1) is 13.1. The summed E-state index contributed by atoms with van der Waals surface area (Å²) in [7, 11) is 0. The maximum Gasteiger partial charge on any atom is 0.261 e. The van der Waals surface area contributed by atoms with Gasteiger partial charge in [0.25, 0.3) is 11.5 Å². The Morgan fingerprint density at radius 2 is 2.00 bits per heavy atom. The fourth-order valence-electron chi connectivity index (χ4n) is 3.41. The lowest BCUT2D eigenvalue weighted by molar-refractivity contribution is 0.102. The van der Waals surface area contributed by atoms with Gasteiger partial charge in [-0.3, -0.25) is 14.2 Å². The van der Waals surface area contributed by atoms with Crippen molar-refractivity contribution in [2.75, 3.05) is 5.32 Å². The molecular weight excluding hydrogens is 344 g/mol. The number of rotatable bonds is 2. The highest BCUT2D eigenvalue weighted by Crippen LogP contribution is 2.20. The lowest BCUT2D eigenvalue weighted by Gasteiger charge is -2.16. The molecule has 2 aromatic heterocycles. The molecule has 3 aromatic rings. The van der Waals surface area contributed by atoms with E-state index in [1.165, 1.54) is 12.3 Å². The van der Waals surface area contributed by atoms with Crippen molar-refractivity contribution in [2.24, 2.45) is 0 Å². The van der Waals surface area contributed by atoms with Crippen molar-refractivity contribution in [3.63, 3.8) is 0 Å². The molecule has 1 aromatic carbocycles. The quantitative estimate of drug-likeness (QED) is 0.729. The summed E-state index contributed by atoms with van der Waals surface area (Å²) in [5, 5.41) is 12.8. The van der Waals surface area contributed by atoms with E-state index in [0.717, 1.165) is 37.9 Å². The van der Waals surface area contributed by atoms with Gasteiger partial charge < -0.3 is 10.4 Å². The number of anilines is 1. The number of amides is 1. The van der Waals surface area contributed by atoms with Gasteiger partial charge in [0.2, 0.25) is 0 Å². The van der Waals surface area contributed by atoms with Crippen LogP contribution in [0.5, 0.6) is 5.75 Å². The van der Waals surface area contributed by atoms with Gasteiger partial charge in [-0.25, -0.2) is 9.97 Å². The summed E-state index contributed by atoms with van der Waals surface area (Å²) in [6.07, 6.45) is 6.51. The maximum atomic E-state index is 12.8. The summed E-state index contributed by atoms with van der Waals surface area (Å²) in [6, 6.07) is 7.88. The number of pyridine rings is 1. The largest absolute Gasteiger partial charge is 0.504 e. The highest BCUT2D eigenvalue weighted by molar-refractivity contribution is 6.06. The lowest BCUT2D eigenvalue weighted by Crippen LogP contribution is -2.26. The van der Waals surface area contributed by atoms with Gasteiger partial charge in [0.15, 0.2) is 11.6 Å². The second-order valence-corrected chi connectivity index (χ2v) is 6.71. The number of hydrogen-bond acceptors (Lipinski definition) is 5. The van der Waals surface area contributed by atoms with E-state index in [4.69, 9.17) is 0 Å². The molecular formula is C20H20N4O3. The van der Waals surface area contributed by atoms with Crippen LogP contribution in [0.15, 0.2) is 41.3 Å². The molecule has 4 rings (SSSR count). The molecule has 3 heterocycles. The molecule has 0 fully saturated rings. The van der Waals surface area contributed by atoms with Crippen molar-refractivity contribution in [3.05, 3.63) is 58.3 Å². The molecule has 138 valence electrons. The van der Waals surface area contributed by atoms with Crippen molar-refractivity contribution < 1.29 is 9.90 Å². The minimum atomic E-state index is -0.417. The summed E-state index contributed by atoms with van der Waals surface area (Å²) < 4.78 is 1.77. The van der Waals surface area contributed by atoms with Crippen molar-refractivity contribution in [3.8, 4) is 5.75 Å². The normalized spacial score (nSPS) is 14.2. The average molecular weight is 364 g/mol. The monoisotopic (exact) mass is 364 g/mol. The lowest BCUT2D eigenvalue weighted by atomic mass is 10.1. The Bertz CT molecular complexity index is 1070. The van der Waals surface area contributed by atoms with Crippen LogP contribution in [0.1, 0.15) is 41.9 Å². The Morgan fingerprint density at radius 1 is 1.15 bits per heavy atom. The zero-order chi connectivity index (χ0) is 18.8. The number of aromatic hydroxyl groups is 1. The van der Waals surface area contributed by atoms with Crippen molar-refractivity contribution in [2.45, 2.75) is 38.6 Å². The van der Waals surface area contributed by atoms with Gasteiger partial charge in [-0.1, -0.05) is 12.8 Å². The van der Waals surface area contributed by atoms with Gasteiger partial charge in [0.05, 0.1) is 10.9 Å². The second-order valence-electron chi connectivity index (χ2n) is 6.71. The van der Waals surface area contributed by atoms with E-state index >= 15 is 0 Å². The number of nitrogens with one attached hydrogen (secondary N) is 1. The van der Waals surface area contributed by atoms with E-state index in [0.29, 0.717) is 23.0 Å². The number of aromatic nitrogens is 3. The van der Waals surface area contributed by atoms with Crippen LogP contribution in [0.3, 0.4) is 0 Å². The van der Waals surface area contributed by atoms with E-state index in [1.807, 2.05) is 0 Å². The average Bonchev–Trinajstić information content (AvgIpc) is 2.65. The van der Waals surface area contributed by atoms with Crippen molar-refractivity contribution in [1.82, 2.24) is 14.5 Å². The molecule has 1 aliphatic heterocycles. The van der Waals surface area contributed by atoms with Crippen LogP contribution in [0.2, 0.25) is 0 Å². The third-order valence-corrected chi connectivity index (χ3v) is 4.85. The minimum absolute atomic E-state index is 0.0498. The first-order valence-electron chi connectivity index (χ1n) is 9.12. The molecule has 0 atom stereocenters. The second kappa shape index (κ2) is 7.19. The minimum Gasteiger partial charge on any atom is -0.504 e. The molecule has 0 radical (unpaired) electrons. The first-order valence-corrected chi connectivity index (χ1v) is 9.12.